The molecule has 0 unspecified atom stereocenters. The van der Waals surface area contributed by atoms with Gasteiger partial charge in [-0.25, -0.2) is 29.7 Å². The van der Waals surface area contributed by atoms with Gasteiger partial charge in [0.15, 0.2) is 31.0 Å². The first-order chi connectivity index (χ1) is 60.2. The van der Waals surface area contributed by atoms with Crippen molar-refractivity contribution in [2.75, 3.05) is 7.11 Å². The van der Waals surface area contributed by atoms with Crippen LogP contribution in [-0.2, 0) is 61.6 Å². The number of benzene rings is 13. The summed E-state index contributed by atoms with van der Waals surface area (Å²) in [4.78, 5) is 48.5. The molecule has 0 saturated carbocycles. The van der Waals surface area contributed by atoms with Crippen molar-refractivity contribution >= 4 is 67.0 Å². The molecule has 2 N–H and O–H groups in total. The monoisotopic (exact) mass is 2290 g/mol. The normalized spacial score (nSPS) is 11.1. The van der Waals surface area contributed by atoms with Crippen LogP contribution in [0.2, 0.25) is 0 Å². The van der Waals surface area contributed by atoms with Gasteiger partial charge in [-0.1, -0.05) is 283 Å². The predicted octanol–water partition coefficient (Wildman–Crippen LogP) is 7.73. The van der Waals surface area contributed by atoms with Crippen LogP contribution in [0.5, 0.6) is 0 Å². The summed E-state index contributed by atoms with van der Waals surface area (Å²) in [5.41, 5.74) is 39.0. The van der Waals surface area contributed by atoms with Crippen LogP contribution in [0.3, 0.4) is 0 Å². The number of aryl methyl sites for hydroxylation is 5. The Balaban J connectivity index is 0.000000184. The first-order valence-electron chi connectivity index (χ1n) is 42.8. The van der Waals surface area contributed by atoms with Crippen LogP contribution < -0.4 is 148 Å². The number of amides is 1. The minimum absolute atomic E-state index is 0. The largest absolute Gasteiger partial charge is 1.00 e. The molecule has 668 valence electrons. The lowest BCUT2D eigenvalue weighted by atomic mass is 9.86. The van der Waals surface area contributed by atoms with Crippen molar-refractivity contribution in [2.45, 2.75) is 105 Å². The van der Waals surface area contributed by atoms with Gasteiger partial charge < -0.3 is 130 Å². The van der Waals surface area contributed by atoms with Gasteiger partial charge in [0.25, 0.3) is 0 Å². The molecule has 0 saturated heterocycles. The number of ether oxygens (including phenoxy) is 1. The van der Waals surface area contributed by atoms with Crippen LogP contribution in [0, 0.1) is 0 Å². The van der Waals surface area contributed by atoms with E-state index in [0.717, 1.165) is 128 Å². The van der Waals surface area contributed by atoms with Crippen molar-refractivity contribution in [1.82, 2.24) is 24.9 Å². The fourth-order valence-corrected chi connectivity index (χ4v) is 15.4. The Morgan fingerprint density at radius 2 is 0.489 bits per heavy atom. The lowest BCUT2D eigenvalue weighted by Crippen LogP contribution is -3.00. The molecule has 5 aromatic heterocycles. The fraction of sp³-hybridized carbons (Fsp3) is 0.196. The van der Waals surface area contributed by atoms with Gasteiger partial charge >= 0.3 is 5.97 Å². The number of nitrogens with zero attached hydrogens (tertiary/aromatic N) is 10. The van der Waals surface area contributed by atoms with Gasteiger partial charge in [-0.3, -0.25) is 4.79 Å². The lowest BCUT2D eigenvalue weighted by Gasteiger charge is -2.19. The SMILES string of the molecule is COC(=O)c1cc(-c2ccc(C(C)(C)C)cc2)cc(-c2c[n+](C)c3ccccc3n2)c1.C[n+]1cc(-c2cc(C(N)=O)cc(-c3ccc(C(C)(C)C)cc3)c2)nc2ccccc21.C[n+]1cc(-c2ccc(C(C)(C)C)cc2)nc2ccccc21.C[n+]1cc(-c2cccc(-c3ccccc3)c2)nc2ccccc21.C[n+]1cc(-c2cccc(C(C)(C)C)c2)nc2ccccc21.[I-].[I-].[I-].[I-].[I-]. The number of aromatic nitrogens is 10. The number of para-hydroxylation sites is 10. The quantitative estimate of drug-likeness (QED) is 0.0830. The number of rotatable bonds is 10. The average Bonchev–Trinajstić information content (AvgIpc) is 0.806. The number of nitrogens with two attached hydrogens (primary N) is 1. The topological polar surface area (TPSA) is 153 Å². The summed E-state index contributed by atoms with van der Waals surface area (Å²) in [5, 5.41) is 0. The third-order valence-electron chi connectivity index (χ3n) is 22.8. The Labute approximate surface area is 856 Å². The number of carbonyl (C=O) groups excluding carboxylic acids is 2. The molecule has 13 aromatic carbocycles. The zero-order valence-electron chi connectivity index (χ0n) is 77.5. The van der Waals surface area contributed by atoms with Crippen molar-refractivity contribution in [2.24, 2.45) is 41.0 Å². The molecule has 0 fully saturated rings. The van der Waals surface area contributed by atoms with E-state index in [9.17, 15) is 9.59 Å². The Kier molecular flexibility index (Phi) is 35.7. The third kappa shape index (κ3) is 25.7. The van der Waals surface area contributed by atoms with Gasteiger partial charge in [0.1, 0.15) is 91.3 Å². The maximum absolute atomic E-state index is 12.4. The smallest absolute Gasteiger partial charge is 0.337 e. The van der Waals surface area contributed by atoms with Crippen molar-refractivity contribution in [1.29, 1.82) is 0 Å². The minimum atomic E-state index is -0.449. The Bertz CT molecular complexity index is 7050. The Morgan fingerprint density at radius 1 is 0.244 bits per heavy atom. The van der Waals surface area contributed by atoms with E-state index >= 15 is 0 Å². The fourth-order valence-electron chi connectivity index (χ4n) is 15.4. The third-order valence-corrected chi connectivity index (χ3v) is 22.8. The van der Waals surface area contributed by atoms with Crippen molar-refractivity contribution in [3.05, 3.63) is 374 Å². The van der Waals surface area contributed by atoms with Crippen LogP contribution in [0.25, 0.3) is 145 Å². The number of esters is 1. The average molecular weight is 2290 g/mol. The highest BCUT2D eigenvalue weighted by Gasteiger charge is 2.24. The second kappa shape index (κ2) is 45.0. The highest BCUT2D eigenvalue weighted by atomic mass is 127. The van der Waals surface area contributed by atoms with Gasteiger partial charge in [-0.15, -0.1) is 0 Å². The lowest BCUT2D eigenvalue weighted by molar-refractivity contribution is -0.644. The van der Waals surface area contributed by atoms with Gasteiger partial charge in [0.2, 0.25) is 33.5 Å². The number of fused-ring (bicyclic) bond motifs is 5. The van der Waals surface area contributed by atoms with E-state index in [0.29, 0.717) is 11.1 Å². The summed E-state index contributed by atoms with van der Waals surface area (Å²) in [6, 6.07) is 106. The van der Waals surface area contributed by atoms with Crippen LogP contribution in [-0.4, -0.2) is 43.9 Å². The number of halogens is 5. The molecule has 0 spiro atoms. The van der Waals surface area contributed by atoms with Crippen molar-refractivity contribution in [3.63, 3.8) is 0 Å². The molecule has 14 nitrogen and oxygen atoms in total. The van der Waals surface area contributed by atoms with E-state index in [2.05, 4.69) is 335 Å². The maximum Gasteiger partial charge on any atom is 0.337 e. The van der Waals surface area contributed by atoms with Gasteiger partial charge in [-0.05, 0) is 156 Å². The molecule has 19 heteroatoms. The zero-order valence-corrected chi connectivity index (χ0v) is 88.3. The van der Waals surface area contributed by atoms with Crippen LogP contribution in [0.4, 0.5) is 0 Å². The molecular formula is C112H112I5N11O3. The molecule has 0 aliphatic rings. The minimum Gasteiger partial charge on any atom is -1.00 e. The van der Waals surface area contributed by atoms with Gasteiger partial charge in [-0.2, -0.15) is 22.8 Å². The molecule has 0 aliphatic heterocycles. The van der Waals surface area contributed by atoms with E-state index in [4.69, 9.17) is 35.4 Å². The molecule has 0 aliphatic carbocycles. The molecular weight excluding hydrogens is 2180 g/mol. The molecule has 0 atom stereocenters. The highest BCUT2D eigenvalue weighted by Crippen LogP contribution is 2.36. The maximum atomic E-state index is 12.4. The Morgan fingerprint density at radius 3 is 0.817 bits per heavy atom. The first-order valence-corrected chi connectivity index (χ1v) is 42.8. The summed E-state index contributed by atoms with van der Waals surface area (Å²) >= 11 is 0. The summed E-state index contributed by atoms with van der Waals surface area (Å²) in [6.45, 7) is 26.6. The zero-order chi connectivity index (χ0) is 89.4. The summed E-state index contributed by atoms with van der Waals surface area (Å²) in [6.07, 6.45) is 10.3. The van der Waals surface area contributed by atoms with Gasteiger partial charge in [0.05, 0.1) is 12.7 Å². The second-order valence-electron chi connectivity index (χ2n) is 36.3. The first kappa shape index (κ1) is 104. The number of primary amides is 1. The van der Waals surface area contributed by atoms with E-state index in [-0.39, 0.29) is 148 Å². The molecule has 5 heterocycles. The molecule has 18 aromatic rings. The Hall–Kier alpha value is -10.9. The molecule has 0 bridgehead atoms. The number of hydrogen-bond donors (Lipinski definition) is 1. The van der Waals surface area contributed by atoms with Crippen LogP contribution in [0.1, 0.15) is 126 Å². The van der Waals surface area contributed by atoms with E-state index in [1.165, 1.54) is 46.1 Å². The van der Waals surface area contributed by atoms with E-state index in [1.54, 1.807) is 0 Å². The van der Waals surface area contributed by atoms with Crippen molar-refractivity contribution in [3.8, 4) is 89.7 Å². The summed E-state index contributed by atoms with van der Waals surface area (Å²) in [5.74, 6) is -0.811. The number of methoxy groups -OCH3 is 1. The second-order valence-corrected chi connectivity index (χ2v) is 36.3. The predicted molar refractivity (Wildman–Crippen MR) is 513 cm³/mol. The van der Waals surface area contributed by atoms with E-state index in [1.807, 2.05) is 146 Å². The molecule has 0 radical (unpaired) electrons. The molecule has 1 amide bonds. The standard InChI is InChI=1S/C27H27N2O2.C26H25N3O.C21H17N2.2C19H21N2.5HI/c1-27(2,3)22-12-10-18(11-13-22)19-14-20(16-21(15-19)26(30)31-5)24-17-29(4)25-9-7-6-8-23(25)28-24;1-26(2,3)21-11-9-17(10-12-21)18-13-19(15-20(14-18)25(27)30)23-16-29(4)24-8-6-5-7-22(24)28-23;1-23-15-20(22-19-12-5-6-13-21(19)23)18-11-7-10-17(14-18)16-8-3-2-4-9-16;1-19(2,3)15-9-7-8-14(12-15)17-13-21(4)18-11-6-5-10-16(18)20-17;1-19(2,3)15-11-9-14(10-12-15)17-13-21(4)18-8-6-5-7-16(18)20-17;;;;;/h6-17H,1-5H3;5-16H,1-4H3,(H-,27,30);2-15H,1H3;2*5-13H,1-4H3;5*1H/q+1;;3*+1;;;;;/p-4. The van der Waals surface area contributed by atoms with E-state index < -0.39 is 5.91 Å². The highest BCUT2D eigenvalue weighted by molar-refractivity contribution is 5.96. The molecule has 18 rings (SSSR count). The summed E-state index contributed by atoms with van der Waals surface area (Å²) in [7, 11) is 11.6. The number of hydrogen-bond acceptors (Lipinski definition) is 8. The van der Waals surface area contributed by atoms with Crippen LogP contribution >= 0.6 is 0 Å². The summed E-state index contributed by atoms with van der Waals surface area (Å²) < 4.78 is 15.5. The molecule has 131 heavy (non-hydrogen) atoms. The van der Waals surface area contributed by atoms with Crippen LogP contribution in [0.15, 0.2) is 340 Å². The van der Waals surface area contributed by atoms with Crippen molar-refractivity contribution < 1.29 is 157 Å². The van der Waals surface area contributed by atoms with Gasteiger partial charge in [0, 0.05) is 63.7 Å². The number of carbonyl (C=O) groups is 2.